The van der Waals surface area contributed by atoms with Crippen molar-refractivity contribution in [3.05, 3.63) is 0 Å². The Bertz CT molecular complexity index is 125. The van der Waals surface area contributed by atoms with Gasteiger partial charge < -0.3 is 14.2 Å². The summed E-state index contributed by atoms with van der Waals surface area (Å²) in [6.45, 7) is 3.69. The summed E-state index contributed by atoms with van der Waals surface area (Å²) in [5.41, 5.74) is 0. The molecule has 0 aliphatic rings. The Kier molecular flexibility index (Phi) is 5.78. The van der Waals surface area contributed by atoms with Crippen LogP contribution in [0.15, 0.2) is 0 Å². The number of rotatable bonds is 6. The zero-order valence-corrected chi connectivity index (χ0v) is 7.84. The second-order valence-corrected chi connectivity index (χ2v) is 4.22. The van der Waals surface area contributed by atoms with Gasteiger partial charge >= 0.3 is 7.60 Å². The Morgan fingerprint density at radius 3 is 2.36 bits per heavy atom. The minimum absolute atomic E-state index is 0.0670. The fourth-order valence-electron chi connectivity index (χ4n) is 0.501. The van der Waals surface area contributed by atoms with Crippen LogP contribution >= 0.6 is 7.60 Å². The van der Waals surface area contributed by atoms with Crippen molar-refractivity contribution in [1.29, 1.82) is 0 Å². The van der Waals surface area contributed by atoms with Crippen molar-refractivity contribution in [2.24, 2.45) is 0 Å². The predicted molar refractivity (Wildman–Crippen MR) is 42.8 cm³/mol. The molecule has 0 aromatic carbocycles. The molecule has 0 rings (SSSR count). The maximum Gasteiger partial charge on any atom is 0.327 e. The summed E-state index contributed by atoms with van der Waals surface area (Å²) in [5.74, 6) is 0. The topological polar surface area (TPSA) is 55.8 Å². The van der Waals surface area contributed by atoms with Gasteiger partial charge in [-0.2, -0.15) is 0 Å². The van der Waals surface area contributed by atoms with Crippen LogP contribution in [-0.2, 0) is 13.6 Å². The molecule has 4 nitrogen and oxygen atoms in total. The Hall–Kier alpha value is 0.110. The van der Waals surface area contributed by atoms with E-state index in [1.807, 2.05) is 6.92 Å². The van der Waals surface area contributed by atoms with E-state index in [1.165, 1.54) is 6.66 Å². The molecule has 0 aromatic rings. The van der Waals surface area contributed by atoms with Crippen molar-refractivity contribution in [1.82, 2.24) is 0 Å². The third-order valence-electron chi connectivity index (χ3n) is 0.947. The van der Waals surface area contributed by atoms with Crippen molar-refractivity contribution in [2.75, 3.05) is 26.5 Å². The number of hydrogen-bond acceptors (Lipinski definition) is 4. The van der Waals surface area contributed by atoms with Crippen molar-refractivity contribution in [3.8, 4) is 0 Å². The highest BCUT2D eigenvalue weighted by Crippen LogP contribution is 2.43. The first kappa shape index (κ1) is 11.1. The van der Waals surface area contributed by atoms with E-state index in [0.717, 1.165) is 6.42 Å². The van der Waals surface area contributed by atoms with Gasteiger partial charge in [0.15, 0.2) is 0 Å². The SMILES string of the molecule is CCCOP(C)(=O)OCCO. The lowest BCUT2D eigenvalue weighted by molar-refractivity contribution is 0.164. The number of aliphatic hydroxyl groups is 1. The van der Waals surface area contributed by atoms with Gasteiger partial charge in [-0.25, -0.2) is 0 Å². The van der Waals surface area contributed by atoms with Gasteiger partial charge in [-0.1, -0.05) is 6.92 Å². The van der Waals surface area contributed by atoms with Crippen molar-refractivity contribution >= 4 is 7.60 Å². The highest BCUT2D eigenvalue weighted by Gasteiger charge is 2.14. The van der Waals surface area contributed by atoms with Gasteiger partial charge in [-0.15, -0.1) is 0 Å². The highest BCUT2D eigenvalue weighted by molar-refractivity contribution is 7.52. The molecule has 0 aromatic heterocycles. The van der Waals surface area contributed by atoms with E-state index in [-0.39, 0.29) is 13.2 Å². The quantitative estimate of drug-likeness (QED) is 0.628. The third kappa shape index (κ3) is 6.51. The first-order valence-electron chi connectivity index (χ1n) is 3.60. The summed E-state index contributed by atoms with van der Waals surface area (Å²) in [5, 5.41) is 8.35. The Morgan fingerprint density at radius 2 is 1.91 bits per heavy atom. The smallest absolute Gasteiger partial charge is 0.327 e. The molecule has 68 valence electrons. The monoisotopic (exact) mass is 182 g/mol. The molecule has 1 atom stereocenters. The molecule has 0 spiro atoms. The molecule has 0 saturated heterocycles. The van der Waals surface area contributed by atoms with E-state index in [1.54, 1.807) is 0 Å². The summed E-state index contributed by atoms with van der Waals surface area (Å²) in [6.07, 6.45) is 0.806. The fourth-order valence-corrected chi connectivity index (χ4v) is 1.50. The van der Waals surface area contributed by atoms with E-state index in [4.69, 9.17) is 14.2 Å². The van der Waals surface area contributed by atoms with Crippen LogP contribution in [0.5, 0.6) is 0 Å². The van der Waals surface area contributed by atoms with E-state index in [0.29, 0.717) is 6.61 Å². The fraction of sp³-hybridized carbons (Fsp3) is 1.00. The molecule has 1 unspecified atom stereocenters. The molecule has 0 radical (unpaired) electrons. The molecule has 0 aliphatic carbocycles. The van der Waals surface area contributed by atoms with Gasteiger partial charge in [-0.05, 0) is 6.42 Å². The molecule has 5 heteroatoms. The third-order valence-corrected chi connectivity index (χ3v) is 2.25. The standard InChI is InChI=1S/C6H15O4P/c1-3-5-9-11(2,8)10-6-4-7/h7H,3-6H2,1-2H3. The molecule has 1 N–H and O–H groups in total. The van der Waals surface area contributed by atoms with Gasteiger partial charge in [0.2, 0.25) is 0 Å². The Labute approximate surface area is 67.0 Å². The van der Waals surface area contributed by atoms with Crippen molar-refractivity contribution < 1.29 is 18.7 Å². The first-order chi connectivity index (χ1) is 5.12. The molecule has 0 aliphatic heterocycles. The molecule has 0 saturated carbocycles. The van der Waals surface area contributed by atoms with E-state index in [2.05, 4.69) is 0 Å². The lowest BCUT2D eigenvalue weighted by Gasteiger charge is -2.12. The molecular weight excluding hydrogens is 167 g/mol. The lowest BCUT2D eigenvalue weighted by atomic mass is 10.5. The Morgan fingerprint density at radius 1 is 1.36 bits per heavy atom. The molecule has 0 amide bonds. The van der Waals surface area contributed by atoms with Crippen LogP contribution in [0.2, 0.25) is 0 Å². The van der Waals surface area contributed by atoms with Gasteiger partial charge in [0.05, 0.1) is 19.8 Å². The van der Waals surface area contributed by atoms with Crippen molar-refractivity contribution in [2.45, 2.75) is 13.3 Å². The number of aliphatic hydroxyl groups excluding tert-OH is 1. The largest absolute Gasteiger partial charge is 0.394 e. The van der Waals surface area contributed by atoms with Crippen LogP contribution in [0.3, 0.4) is 0 Å². The van der Waals surface area contributed by atoms with Gasteiger partial charge in [0.25, 0.3) is 0 Å². The normalized spacial score (nSPS) is 16.3. The average molecular weight is 182 g/mol. The molecule has 0 heterocycles. The molecule has 0 fully saturated rings. The summed E-state index contributed by atoms with van der Waals surface area (Å²) < 4.78 is 20.8. The van der Waals surface area contributed by atoms with Gasteiger partial charge in [0, 0.05) is 6.66 Å². The molecule has 0 bridgehead atoms. The van der Waals surface area contributed by atoms with E-state index >= 15 is 0 Å². The maximum atomic E-state index is 11.2. The molecular formula is C6H15O4P. The zero-order valence-electron chi connectivity index (χ0n) is 6.95. The highest BCUT2D eigenvalue weighted by atomic mass is 31.2. The van der Waals surface area contributed by atoms with E-state index in [9.17, 15) is 4.57 Å². The van der Waals surface area contributed by atoms with Crippen LogP contribution in [0, 0.1) is 0 Å². The van der Waals surface area contributed by atoms with Crippen LogP contribution < -0.4 is 0 Å². The van der Waals surface area contributed by atoms with E-state index < -0.39 is 7.60 Å². The predicted octanol–water partition coefficient (Wildman–Crippen LogP) is 1.24. The lowest BCUT2D eigenvalue weighted by Crippen LogP contribution is -2.00. The minimum atomic E-state index is -2.89. The summed E-state index contributed by atoms with van der Waals surface area (Å²) in [7, 11) is -2.89. The zero-order chi connectivity index (χ0) is 8.74. The van der Waals surface area contributed by atoms with Crippen LogP contribution in [0.4, 0.5) is 0 Å². The second-order valence-electron chi connectivity index (χ2n) is 2.16. The van der Waals surface area contributed by atoms with Crippen molar-refractivity contribution in [3.63, 3.8) is 0 Å². The van der Waals surface area contributed by atoms with Crippen LogP contribution in [0.1, 0.15) is 13.3 Å². The first-order valence-corrected chi connectivity index (χ1v) is 5.59. The average Bonchev–Trinajstić information content (AvgIpc) is 1.97. The summed E-state index contributed by atoms with van der Waals surface area (Å²) in [6, 6.07) is 0. The van der Waals surface area contributed by atoms with Crippen LogP contribution in [0.25, 0.3) is 0 Å². The van der Waals surface area contributed by atoms with Gasteiger partial charge in [-0.3, -0.25) is 4.57 Å². The van der Waals surface area contributed by atoms with Gasteiger partial charge in [0.1, 0.15) is 0 Å². The number of hydrogen-bond donors (Lipinski definition) is 1. The maximum absolute atomic E-state index is 11.2. The Balaban J connectivity index is 3.53. The minimum Gasteiger partial charge on any atom is -0.394 e. The summed E-state index contributed by atoms with van der Waals surface area (Å²) >= 11 is 0. The summed E-state index contributed by atoms with van der Waals surface area (Å²) in [4.78, 5) is 0. The van der Waals surface area contributed by atoms with Crippen LogP contribution in [-0.4, -0.2) is 31.6 Å². The molecule has 11 heavy (non-hydrogen) atoms. The second kappa shape index (κ2) is 5.72.